The highest BCUT2D eigenvalue weighted by atomic mass is 16.1. The number of hydrogen-bond acceptors (Lipinski definition) is 1. The lowest BCUT2D eigenvalue weighted by Crippen LogP contribution is -2.28. The second-order valence-electron chi connectivity index (χ2n) is 6.20. The van der Waals surface area contributed by atoms with Gasteiger partial charge >= 0.3 is 0 Å². The van der Waals surface area contributed by atoms with Crippen molar-refractivity contribution in [1.82, 2.24) is 5.32 Å². The maximum atomic E-state index is 12.5. The number of benzene rings is 3. The molecule has 0 aromatic heterocycles. The molecule has 0 aliphatic heterocycles. The van der Waals surface area contributed by atoms with E-state index in [1.807, 2.05) is 31.2 Å². The van der Waals surface area contributed by atoms with Crippen molar-refractivity contribution in [3.8, 4) is 0 Å². The lowest BCUT2D eigenvalue weighted by atomic mass is 10.0. The minimum absolute atomic E-state index is 0.0124. The fraction of sp³-hybridized carbons (Fsp3) is 0.227. The lowest BCUT2D eigenvalue weighted by Gasteiger charge is -2.15. The quantitative estimate of drug-likeness (QED) is 0.718. The molecule has 24 heavy (non-hydrogen) atoms. The molecule has 0 saturated heterocycles. The third-order valence-corrected chi connectivity index (χ3v) is 4.50. The number of fused-ring (bicyclic) bond motifs is 1. The smallest absolute Gasteiger partial charge is 0.224 e. The second-order valence-corrected chi connectivity index (χ2v) is 6.20. The fourth-order valence-electron chi connectivity index (χ4n) is 3.04. The van der Waals surface area contributed by atoms with Crippen LogP contribution in [0.25, 0.3) is 10.8 Å². The Morgan fingerprint density at radius 1 is 0.958 bits per heavy atom. The van der Waals surface area contributed by atoms with Crippen LogP contribution in [-0.2, 0) is 17.6 Å². The van der Waals surface area contributed by atoms with Crippen LogP contribution in [0.5, 0.6) is 0 Å². The van der Waals surface area contributed by atoms with Crippen molar-refractivity contribution in [3.05, 3.63) is 83.4 Å². The van der Waals surface area contributed by atoms with E-state index < -0.39 is 0 Å². The molecular weight excluding hydrogens is 294 g/mol. The Kier molecular flexibility index (Phi) is 4.95. The molecule has 3 aromatic rings. The molecule has 0 spiro atoms. The Labute approximate surface area is 143 Å². The van der Waals surface area contributed by atoms with Crippen LogP contribution in [0.4, 0.5) is 0 Å². The van der Waals surface area contributed by atoms with Crippen molar-refractivity contribution < 1.29 is 4.79 Å². The first-order chi connectivity index (χ1) is 11.7. The zero-order valence-electron chi connectivity index (χ0n) is 14.3. The van der Waals surface area contributed by atoms with Gasteiger partial charge in [0.1, 0.15) is 0 Å². The Morgan fingerprint density at radius 2 is 1.67 bits per heavy atom. The lowest BCUT2D eigenvalue weighted by molar-refractivity contribution is -0.121. The number of carbonyl (C=O) groups excluding carboxylic acids is 1. The summed E-state index contributed by atoms with van der Waals surface area (Å²) in [5, 5.41) is 5.43. The Balaban J connectivity index is 1.70. The van der Waals surface area contributed by atoms with Gasteiger partial charge in [-0.3, -0.25) is 4.79 Å². The van der Waals surface area contributed by atoms with Gasteiger partial charge in [-0.15, -0.1) is 0 Å². The maximum Gasteiger partial charge on any atom is 0.224 e. The van der Waals surface area contributed by atoms with Crippen LogP contribution in [0.1, 0.15) is 36.6 Å². The molecule has 0 aliphatic carbocycles. The van der Waals surface area contributed by atoms with E-state index >= 15 is 0 Å². The van der Waals surface area contributed by atoms with Crippen molar-refractivity contribution in [2.75, 3.05) is 0 Å². The first kappa shape index (κ1) is 16.3. The summed E-state index contributed by atoms with van der Waals surface area (Å²) >= 11 is 0. The number of hydrogen-bond donors (Lipinski definition) is 1. The van der Waals surface area contributed by atoms with E-state index in [0.29, 0.717) is 6.42 Å². The van der Waals surface area contributed by atoms with Crippen LogP contribution < -0.4 is 5.32 Å². The average Bonchev–Trinajstić information content (AvgIpc) is 2.62. The average molecular weight is 317 g/mol. The van der Waals surface area contributed by atoms with E-state index in [1.165, 1.54) is 10.9 Å². The van der Waals surface area contributed by atoms with Crippen LogP contribution in [0, 0.1) is 0 Å². The number of rotatable bonds is 5. The number of aryl methyl sites for hydroxylation is 1. The third-order valence-electron chi connectivity index (χ3n) is 4.50. The zero-order valence-corrected chi connectivity index (χ0v) is 14.3. The molecule has 0 fully saturated rings. The van der Waals surface area contributed by atoms with Gasteiger partial charge in [0.05, 0.1) is 12.5 Å². The Hall–Kier alpha value is -2.61. The van der Waals surface area contributed by atoms with Crippen LogP contribution in [0.15, 0.2) is 66.7 Å². The standard InChI is InChI=1S/C22H23NO/c1-3-17-11-13-18(14-12-17)16(2)23-22(24)15-20-9-6-8-19-7-4-5-10-21(19)20/h4-14,16H,3,15H2,1-2H3,(H,23,24). The molecule has 122 valence electrons. The summed E-state index contributed by atoms with van der Waals surface area (Å²) in [6.07, 6.45) is 1.43. The summed E-state index contributed by atoms with van der Waals surface area (Å²) < 4.78 is 0. The molecule has 1 N–H and O–H groups in total. The molecule has 0 saturated carbocycles. The van der Waals surface area contributed by atoms with Crippen molar-refractivity contribution in [2.45, 2.75) is 32.7 Å². The summed E-state index contributed by atoms with van der Waals surface area (Å²) in [5.74, 6) is 0.0541. The fourth-order valence-corrected chi connectivity index (χ4v) is 3.04. The monoisotopic (exact) mass is 317 g/mol. The molecule has 1 unspecified atom stereocenters. The number of amides is 1. The van der Waals surface area contributed by atoms with E-state index in [0.717, 1.165) is 22.9 Å². The summed E-state index contributed by atoms with van der Waals surface area (Å²) in [5.41, 5.74) is 3.52. The first-order valence-corrected chi connectivity index (χ1v) is 8.52. The van der Waals surface area contributed by atoms with Gasteiger partial charge in [0.2, 0.25) is 5.91 Å². The van der Waals surface area contributed by atoms with Gasteiger partial charge < -0.3 is 5.32 Å². The van der Waals surface area contributed by atoms with Crippen LogP contribution in [0.2, 0.25) is 0 Å². The highest BCUT2D eigenvalue weighted by Gasteiger charge is 2.11. The minimum Gasteiger partial charge on any atom is -0.349 e. The molecule has 1 atom stereocenters. The van der Waals surface area contributed by atoms with Gasteiger partial charge in [-0.05, 0) is 40.8 Å². The molecule has 2 heteroatoms. The first-order valence-electron chi connectivity index (χ1n) is 8.52. The Bertz CT molecular complexity index is 831. The van der Waals surface area contributed by atoms with E-state index in [4.69, 9.17) is 0 Å². The van der Waals surface area contributed by atoms with Gasteiger partial charge in [-0.1, -0.05) is 73.7 Å². The van der Waals surface area contributed by atoms with E-state index in [-0.39, 0.29) is 11.9 Å². The SMILES string of the molecule is CCc1ccc(C(C)NC(=O)Cc2cccc3ccccc23)cc1. The molecule has 2 nitrogen and oxygen atoms in total. The van der Waals surface area contributed by atoms with Crippen molar-refractivity contribution in [1.29, 1.82) is 0 Å². The van der Waals surface area contributed by atoms with Crippen LogP contribution in [0.3, 0.4) is 0 Å². The molecule has 0 heterocycles. The largest absolute Gasteiger partial charge is 0.349 e. The van der Waals surface area contributed by atoms with Gasteiger partial charge in [0, 0.05) is 0 Å². The van der Waals surface area contributed by atoms with Gasteiger partial charge in [-0.25, -0.2) is 0 Å². The second kappa shape index (κ2) is 7.31. The van der Waals surface area contributed by atoms with Gasteiger partial charge in [0.15, 0.2) is 0 Å². The highest BCUT2D eigenvalue weighted by molar-refractivity contribution is 5.90. The molecule has 3 aromatic carbocycles. The molecule has 1 amide bonds. The molecule has 3 rings (SSSR count). The van der Waals surface area contributed by atoms with Gasteiger partial charge in [0.25, 0.3) is 0 Å². The summed E-state index contributed by atoms with van der Waals surface area (Å²) in [6.45, 7) is 4.17. The molecule has 0 aliphatic rings. The predicted molar refractivity (Wildman–Crippen MR) is 100 cm³/mol. The predicted octanol–water partition coefficient (Wildman–Crippen LogP) is 4.82. The molecular formula is C22H23NO. The highest BCUT2D eigenvalue weighted by Crippen LogP contribution is 2.19. The van der Waals surface area contributed by atoms with Crippen molar-refractivity contribution in [3.63, 3.8) is 0 Å². The van der Waals surface area contributed by atoms with Crippen molar-refractivity contribution in [2.24, 2.45) is 0 Å². The number of nitrogens with one attached hydrogen (secondary N) is 1. The van der Waals surface area contributed by atoms with Crippen molar-refractivity contribution >= 4 is 16.7 Å². The van der Waals surface area contributed by atoms with Crippen LogP contribution >= 0.6 is 0 Å². The summed E-state index contributed by atoms with van der Waals surface area (Å²) in [7, 11) is 0. The van der Waals surface area contributed by atoms with Crippen LogP contribution in [-0.4, -0.2) is 5.91 Å². The molecule has 0 radical (unpaired) electrons. The zero-order chi connectivity index (χ0) is 16.9. The third kappa shape index (κ3) is 3.65. The normalized spacial score (nSPS) is 12.1. The Morgan fingerprint density at radius 3 is 2.42 bits per heavy atom. The van der Waals surface area contributed by atoms with E-state index in [9.17, 15) is 4.79 Å². The topological polar surface area (TPSA) is 29.1 Å². The molecule has 0 bridgehead atoms. The van der Waals surface area contributed by atoms with E-state index in [1.54, 1.807) is 0 Å². The van der Waals surface area contributed by atoms with Gasteiger partial charge in [-0.2, -0.15) is 0 Å². The van der Waals surface area contributed by atoms with E-state index in [2.05, 4.69) is 54.7 Å². The number of carbonyl (C=O) groups is 1. The maximum absolute atomic E-state index is 12.5. The summed E-state index contributed by atoms with van der Waals surface area (Å²) in [6, 6.07) is 22.8. The minimum atomic E-state index is 0.0124. The summed E-state index contributed by atoms with van der Waals surface area (Å²) in [4.78, 5) is 12.5.